The zero-order chi connectivity index (χ0) is 18.7. The van der Waals surface area contributed by atoms with Gasteiger partial charge in [-0.2, -0.15) is 0 Å². The Morgan fingerprint density at radius 1 is 1.15 bits per heavy atom. The van der Waals surface area contributed by atoms with E-state index in [1.807, 2.05) is 38.1 Å². The van der Waals surface area contributed by atoms with Crippen molar-refractivity contribution in [3.63, 3.8) is 0 Å². The fourth-order valence-electron chi connectivity index (χ4n) is 2.80. The molecule has 0 unspecified atom stereocenters. The van der Waals surface area contributed by atoms with Crippen LogP contribution in [0.25, 0.3) is 0 Å². The fraction of sp³-hybridized carbons (Fsp3) is 0.316. The van der Waals surface area contributed by atoms with Crippen LogP contribution in [0.1, 0.15) is 17.5 Å². The number of benzene rings is 2. The first-order valence-corrected chi connectivity index (χ1v) is 10.1. The van der Waals surface area contributed by atoms with Gasteiger partial charge in [0.1, 0.15) is 5.75 Å². The average Bonchev–Trinajstić information content (AvgIpc) is 2.95. The second-order valence-electron chi connectivity index (χ2n) is 6.39. The van der Waals surface area contributed by atoms with Crippen LogP contribution in [0.2, 0.25) is 0 Å². The summed E-state index contributed by atoms with van der Waals surface area (Å²) in [5.74, 6) is 0.488. The minimum atomic E-state index is -3.25. The minimum Gasteiger partial charge on any atom is -0.484 e. The number of nitrogens with zero attached hydrogens (tertiary/aromatic N) is 1. The van der Waals surface area contributed by atoms with Crippen LogP contribution in [0.15, 0.2) is 42.5 Å². The number of sulfonamides is 1. The molecule has 1 fully saturated rings. The zero-order valence-electron chi connectivity index (χ0n) is 14.9. The van der Waals surface area contributed by atoms with Gasteiger partial charge in [0.25, 0.3) is 5.91 Å². The summed E-state index contributed by atoms with van der Waals surface area (Å²) in [6.45, 7) is 4.19. The number of hydrogen-bond donors (Lipinski definition) is 1. The molecule has 1 aliphatic heterocycles. The van der Waals surface area contributed by atoms with Gasteiger partial charge in [0, 0.05) is 12.2 Å². The third-order valence-corrected chi connectivity index (χ3v) is 6.14. The summed E-state index contributed by atoms with van der Waals surface area (Å²) < 4.78 is 31.0. The van der Waals surface area contributed by atoms with E-state index in [2.05, 4.69) is 5.32 Å². The lowest BCUT2D eigenvalue weighted by Crippen LogP contribution is -2.25. The highest BCUT2D eigenvalue weighted by Gasteiger charge is 2.28. The molecule has 0 bridgehead atoms. The Bertz CT molecular complexity index is 908. The second kappa shape index (κ2) is 7.37. The van der Waals surface area contributed by atoms with Gasteiger partial charge >= 0.3 is 0 Å². The molecule has 6 nitrogen and oxygen atoms in total. The maximum absolute atomic E-state index is 12.2. The van der Waals surface area contributed by atoms with Gasteiger partial charge in [-0.3, -0.25) is 9.10 Å². The van der Waals surface area contributed by atoms with Crippen molar-refractivity contribution in [3.8, 4) is 5.75 Å². The summed E-state index contributed by atoms with van der Waals surface area (Å²) in [4.78, 5) is 12.2. The number of carbonyl (C=O) groups is 1. The van der Waals surface area contributed by atoms with Gasteiger partial charge in [-0.05, 0) is 50.1 Å². The van der Waals surface area contributed by atoms with Crippen molar-refractivity contribution in [3.05, 3.63) is 53.6 Å². The highest BCUT2D eigenvalue weighted by molar-refractivity contribution is 7.93. The number of ether oxygens (including phenoxy) is 1. The summed E-state index contributed by atoms with van der Waals surface area (Å²) in [6.07, 6.45) is 0.613. The lowest BCUT2D eigenvalue weighted by atomic mass is 10.1. The molecule has 2 aromatic carbocycles. The molecular formula is C19H22N2O4S. The van der Waals surface area contributed by atoms with Crippen LogP contribution in [0, 0.1) is 13.8 Å². The van der Waals surface area contributed by atoms with Crippen LogP contribution in [0.3, 0.4) is 0 Å². The van der Waals surface area contributed by atoms with E-state index in [0.29, 0.717) is 30.1 Å². The molecular weight excluding hydrogens is 352 g/mol. The first-order valence-electron chi connectivity index (χ1n) is 8.45. The number of rotatable bonds is 5. The van der Waals surface area contributed by atoms with Gasteiger partial charge in [-0.1, -0.05) is 23.8 Å². The van der Waals surface area contributed by atoms with Crippen LogP contribution < -0.4 is 14.4 Å². The van der Waals surface area contributed by atoms with Crippen molar-refractivity contribution >= 4 is 27.3 Å². The predicted octanol–water partition coefficient (Wildman–Crippen LogP) is 2.86. The number of anilines is 2. The SMILES string of the molecule is Cc1ccc(OCC(=O)Nc2cc(N3CCCS3(=O)=O)ccc2C)cc1. The van der Waals surface area contributed by atoms with Gasteiger partial charge in [0.2, 0.25) is 10.0 Å². The van der Waals surface area contributed by atoms with E-state index in [1.165, 1.54) is 4.31 Å². The number of aryl methyl sites for hydroxylation is 2. The molecule has 1 aliphatic rings. The minimum absolute atomic E-state index is 0.116. The molecule has 0 saturated carbocycles. The lowest BCUT2D eigenvalue weighted by Gasteiger charge is -2.19. The summed E-state index contributed by atoms with van der Waals surface area (Å²) in [6, 6.07) is 12.7. The molecule has 0 spiro atoms. The van der Waals surface area contributed by atoms with E-state index in [0.717, 1.165) is 11.1 Å². The first kappa shape index (κ1) is 18.3. The third-order valence-electron chi connectivity index (χ3n) is 4.27. The normalized spacial score (nSPS) is 15.7. The lowest BCUT2D eigenvalue weighted by molar-refractivity contribution is -0.118. The second-order valence-corrected chi connectivity index (χ2v) is 8.40. The average molecular weight is 374 g/mol. The quantitative estimate of drug-likeness (QED) is 0.873. The van der Waals surface area contributed by atoms with Crippen molar-refractivity contribution in [1.82, 2.24) is 0 Å². The fourth-order valence-corrected chi connectivity index (χ4v) is 4.36. The highest BCUT2D eigenvalue weighted by atomic mass is 32.2. The van der Waals surface area contributed by atoms with Gasteiger partial charge in [0.05, 0.1) is 11.4 Å². The molecule has 1 amide bonds. The molecule has 7 heteroatoms. The maximum Gasteiger partial charge on any atom is 0.262 e. The summed E-state index contributed by atoms with van der Waals surface area (Å²) >= 11 is 0. The van der Waals surface area contributed by atoms with E-state index < -0.39 is 10.0 Å². The molecule has 1 N–H and O–H groups in total. The monoisotopic (exact) mass is 374 g/mol. The number of nitrogens with one attached hydrogen (secondary N) is 1. The van der Waals surface area contributed by atoms with Gasteiger partial charge in [-0.15, -0.1) is 0 Å². The predicted molar refractivity (Wildman–Crippen MR) is 102 cm³/mol. The van der Waals surface area contributed by atoms with Gasteiger partial charge in [-0.25, -0.2) is 8.42 Å². The van der Waals surface area contributed by atoms with E-state index in [1.54, 1.807) is 18.2 Å². The summed E-state index contributed by atoms with van der Waals surface area (Å²) in [5, 5.41) is 2.80. The van der Waals surface area contributed by atoms with E-state index in [-0.39, 0.29) is 18.3 Å². The summed E-state index contributed by atoms with van der Waals surface area (Å²) in [7, 11) is -3.25. The molecule has 0 radical (unpaired) electrons. The molecule has 26 heavy (non-hydrogen) atoms. The molecule has 138 valence electrons. The van der Waals surface area contributed by atoms with Crippen LogP contribution in [0.4, 0.5) is 11.4 Å². The Balaban J connectivity index is 1.68. The van der Waals surface area contributed by atoms with Crippen LogP contribution in [0.5, 0.6) is 5.75 Å². The van der Waals surface area contributed by atoms with E-state index >= 15 is 0 Å². The Kier molecular flexibility index (Phi) is 5.18. The third kappa shape index (κ3) is 4.16. The van der Waals surface area contributed by atoms with Crippen LogP contribution in [-0.2, 0) is 14.8 Å². The zero-order valence-corrected chi connectivity index (χ0v) is 15.7. The van der Waals surface area contributed by atoms with E-state index in [9.17, 15) is 13.2 Å². The number of carbonyl (C=O) groups excluding carboxylic acids is 1. The van der Waals surface area contributed by atoms with Gasteiger partial charge < -0.3 is 10.1 Å². The molecule has 1 saturated heterocycles. The standard InChI is InChI=1S/C19H22N2O4S/c1-14-4-8-17(9-5-14)25-13-19(22)20-18-12-16(7-6-15(18)2)21-10-3-11-26(21,23)24/h4-9,12H,3,10-11,13H2,1-2H3,(H,20,22). The van der Waals surface area contributed by atoms with Crippen molar-refractivity contribution < 1.29 is 17.9 Å². The van der Waals surface area contributed by atoms with Crippen molar-refractivity contribution in [2.45, 2.75) is 20.3 Å². The topological polar surface area (TPSA) is 75.7 Å². The smallest absolute Gasteiger partial charge is 0.262 e. The Hall–Kier alpha value is -2.54. The van der Waals surface area contributed by atoms with Crippen LogP contribution in [-0.4, -0.2) is 33.2 Å². The molecule has 0 aliphatic carbocycles. The maximum atomic E-state index is 12.2. The molecule has 0 atom stereocenters. The summed E-state index contributed by atoms with van der Waals surface area (Å²) in [5.41, 5.74) is 3.13. The van der Waals surface area contributed by atoms with Crippen molar-refractivity contribution in [1.29, 1.82) is 0 Å². The first-order chi connectivity index (χ1) is 12.3. The van der Waals surface area contributed by atoms with E-state index in [4.69, 9.17) is 4.74 Å². The van der Waals surface area contributed by atoms with Gasteiger partial charge in [0.15, 0.2) is 6.61 Å². The molecule has 2 aromatic rings. The largest absolute Gasteiger partial charge is 0.484 e. The van der Waals surface area contributed by atoms with Crippen molar-refractivity contribution in [2.75, 3.05) is 28.5 Å². The Morgan fingerprint density at radius 2 is 1.88 bits per heavy atom. The Labute approximate surface area is 153 Å². The highest BCUT2D eigenvalue weighted by Crippen LogP contribution is 2.28. The molecule has 0 aromatic heterocycles. The molecule has 1 heterocycles. The Morgan fingerprint density at radius 3 is 2.54 bits per heavy atom. The number of hydrogen-bond acceptors (Lipinski definition) is 4. The van der Waals surface area contributed by atoms with Crippen molar-refractivity contribution in [2.24, 2.45) is 0 Å². The molecule has 3 rings (SSSR count). The number of amides is 1. The van der Waals surface area contributed by atoms with Crippen LogP contribution >= 0.6 is 0 Å².